The molecule has 0 saturated carbocycles. The average molecular weight is 340 g/mol. The van der Waals surface area contributed by atoms with Crippen molar-refractivity contribution in [2.45, 2.75) is 52.2 Å². The highest BCUT2D eigenvalue weighted by Gasteiger charge is 2.10. The quantitative estimate of drug-likeness (QED) is 0.678. The maximum absolute atomic E-state index is 11.8. The molecule has 0 saturated heterocycles. The van der Waals surface area contributed by atoms with E-state index in [0.29, 0.717) is 32.4 Å². The van der Waals surface area contributed by atoms with Crippen LogP contribution in [0.25, 0.3) is 0 Å². The Kier molecular flexibility index (Phi) is 8.66. The van der Waals surface area contributed by atoms with Gasteiger partial charge < -0.3 is 16.0 Å². The van der Waals surface area contributed by atoms with Gasteiger partial charge in [-0.05, 0) is 29.5 Å². The topological polar surface area (TPSA) is 70.2 Å². The molecular weight excluding hydrogens is 314 g/mol. The van der Waals surface area contributed by atoms with Gasteiger partial charge in [0, 0.05) is 39.0 Å². The molecule has 0 fully saturated rings. The fourth-order valence-corrected chi connectivity index (χ4v) is 2.51. The van der Waals surface area contributed by atoms with E-state index in [9.17, 15) is 9.59 Å². The molecule has 128 valence electrons. The third-order valence-electron chi connectivity index (χ3n) is 3.77. The molecule has 0 aromatic heterocycles. The molecule has 3 N–H and O–H groups in total. The van der Waals surface area contributed by atoms with Gasteiger partial charge in [-0.2, -0.15) is 0 Å². The van der Waals surface area contributed by atoms with Crippen LogP contribution in [0.3, 0.4) is 0 Å². The maximum atomic E-state index is 11.8. The fraction of sp³-hybridized carbons (Fsp3) is 0.529. The molecule has 0 unspecified atom stereocenters. The molecule has 1 aliphatic rings. The summed E-state index contributed by atoms with van der Waals surface area (Å²) in [6.07, 6.45) is 2.34. The zero-order valence-corrected chi connectivity index (χ0v) is 14.4. The van der Waals surface area contributed by atoms with Crippen LogP contribution < -0.4 is 16.0 Å². The highest BCUT2D eigenvalue weighted by molar-refractivity contribution is 5.85. The first-order valence-electron chi connectivity index (χ1n) is 8.04. The minimum atomic E-state index is 0. The van der Waals surface area contributed by atoms with Crippen molar-refractivity contribution in [2.24, 2.45) is 0 Å². The Bertz CT molecular complexity index is 535. The van der Waals surface area contributed by atoms with E-state index in [1.54, 1.807) is 0 Å². The number of fused-ring (bicyclic) bond motifs is 1. The van der Waals surface area contributed by atoms with Crippen LogP contribution >= 0.6 is 12.4 Å². The lowest BCUT2D eigenvalue weighted by molar-refractivity contribution is -0.122. The van der Waals surface area contributed by atoms with Crippen LogP contribution in [0.1, 0.15) is 49.3 Å². The molecule has 6 heteroatoms. The van der Waals surface area contributed by atoms with Gasteiger partial charge in [0.1, 0.15) is 0 Å². The van der Waals surface area contributed by atoms with Crippen LogP contribution in [0.5, 0.6) is 0 Å². The zero-order chi connectivity index (χ0) is 15.8. The smallest absolute Gasteiger partial charge is 0.220 e. The summed E-state index contributed by atoms with van der Waals surface area (Å²) in [5.74, 6) is 0.0303. The van der Waals surface area contributed by atoms with E-state index in [1.807, 2.05) is 6.92 Å². The van der Waals surface area contributed by atoms with E-state index < -0.39 is 0 Å². The first-order valence-corrected chi connectivity index (χ1v) is 8.04. The Hall–Kier alpha value is -1.59. The molecule has 1 aliphatic heterocycles. The van der Waals surface area contributed by atoms with Crippen molar-refractivity contribution in [2.75, 3.05) is 6.54 Å². The Morgan fingerprint density at radius 2 is 1.78 bits per heavy atom. The summed E-state index contributed by atoms with van der Waals surface area (Å²) >= 11 is 0. The normalized spacial score (nSPS) is 12.2. The molecular formula is C17H26ClN3O2. The van der Waals surface area contributed by atoms with Crippen molar-refractivity contribution in [3.63, 3.8) is 0 Å². The maximum Gasteiger partial charge on any atom is 0.220 e. The summed E-state index contributed by atoms with van der Waals surface area (Å²) in [6, 6.07) is 6.33. The molecule has 1 heterocycles. The molecule has 0 spiro atoms. The van der Waals surface area contributed by atoms with Crippen molar-refractivity contribution in [3.8, 4) is 0 Å². The molecule has 1 aromatic carbocycles. The summed E-state index contributed by atoms with van der Waals surface area (Å²) in [7, 11) is 0. The molecule has 2 rings (SSSR count). The molecule has 5 nitrogen and oxygen atoms in total. The molecule has 0 aliphatic carbocycles. The van der Waals surface area contributed by atoms with Gasteiger partial charge in [0.15, 0.2) is 0 Å². The number of amides is 2. The van der Waals surface area contributed by atoms with E-state index >= 15 is 0 Å². The predicted molar refractivity (Wildman–Crippen MR) is 93.2 cm³/mol. The summed E-state index contributed by atoms with van der Waals surface area (Å²) < 4.78 is 0. The third-order valence-corrected chi connectivity index (χ3v) is 3.77. The summed E-state index contributed by atoms with van der Waals surface area (Å²) in [5.41, 5.74) is 3.78. The molecule has 0 bridgehead atoms. The van der Waals surface area contributed by atoms with Crippen LogP contribution in [-0.2, 0) is 29.2 Å². The standard InChI is InChI=1S/C17H25N3O2.ClH/c1-2-8-19-16(21)4-3-5-17(22)20-10-13-6-7-14-11-18-12-15(14)9-13;/h6-7,9,18H,2-5,8,10-12H2,1H3,(H,19,21)(H,20,22);1H. The van der Waals surface area contributed by atoms with E-state index in [0.717, 1.165) is 25.1 Å². The van der Waals surface area contributed by atoms with Gasteiger partial charge in [0.05, 0.1) is 0 Å². The van der Waals surface area contributed by atoms with Crippen molar-refractivity contribution in [3.05, 3.63) is 34.9 Å². The van der Waals surface area contributed by atoms with Gasteiger partial charge in [0.25, 0.3) is 0 Å². The second-order valence-electron chi connectivity index (χ2n) is 5.69. The highest BCUT2D eigenvalue weighted by Crippen LogP contribution is 2.16. The molecule has 23 heavy (non-hydrogen) atoms. The number of benzene rings is 1. The van der Waals surface area contributed by atoms with Crippen molar-refractivity contribution in [1.82, 2.24) is 16.0 Å². The van der Waals surface area contributed by atoms with E-state index in [4.69, 9.17) is 0 Å². The van der Waals surface area contributed by atoms with E-state index in [1.165, 1.54) is 11.1 Å². The van der Waals surface area contributed by atoms with Crippen LogP contribution in [-0.4, -0.2) is 18.4 Å². The molecule has 0 radical (unpaired) electrons. The monoisotopic (exact) mass is 339 g/mol. The number of halogens is 1. The number of rotatable bonds is 8. The Labute approximate surface area is 144 Å². The van der Waals surface area contributed by atoms with Crippen LogP contribution in [0.2, 0.25) is 0 Å². The van der Waals surface area contributed by atoms with Crippen molar-refractivity contribution < 1.29 is 9.59 Å². The van der Waals surface area contributed by atoms with Gasteiger partial charge in [-0.1, -0.05) is 25.1 Å². The largest absolute Gasteiger partial charge is 0.356 e. The molecule has 1 aromatic rings. The van der Waals surface area contributed by atoms with E-state index in [-0.39, 0.29) is 24.2 Å². The van der Waals surface area contributed by atoms with Crippen LogP contribution in [0, 0.1) is 0 Å². The van der Waals surface area contributed by atoms with Gasteiger partial charge in [-0.15, -0.1) is 12.4 Å². The summed E-state index contributed by atoms with van der Waals surface area (Å²) in [6.45, 7) is 5.11. The zero-order valence-electron chi connectivity index (χ0n) is 13.6. The van der Waals surface area contributed by atoms with Crippen LogP contribution in [0.4, 0.5) is 0 Å². The van der Waals surface area contributed by atoms with Gasteiger partial charge in [-0.3, -0.25) is 9.59 Å². The summed E-state index contributed by atoms with van der Waals surface area (Å²) in [4.78, 5) is 23.2. The number of carbonyl (C=O) groups excluding carboxylic acids is 2. The number of hydrogen-bond donors (Lipinski definition) is 3. The lowest BCUT2D eigenvalue weighted by atomic mass is 10.1. The highest BCUT2D eigenvalue weighted by atomic mass is 35.5. The Balaban J connectivity index is 0.00000264. The van der Waals surface area contributed by atoms with Gasteiger partial charge >= 0.3 is 0 Å². The first-order chi connectivity index (χ1) is 10.7. The number of carbonyl (C=O) groups is 2. The predicted octanol–water partition coefficient (Wildman–Crippen LogP) is 2.02. The Morgan fingerprint density at radius 3 is 2.52 bits per heavy atom. The molecule has 2 amide bonds. The molecule has 0 atom stereocenters. The average Bonchev–Trinajstić information content (AvgIpc) is 2.98. The van der Waals surface area contributed by atoms with E-state index in [2.05, 4.69) is 34.1 Å². The number of nitrogens with one attached hydrogen (secondary N) is 3. The Morgan fingerprint density at radius 1 is 1.09 bits per heavy atom. The van der Waals surface area contributed by atoms with Crippen molar-refractivity contribution >= 4 is 24.2 Å². The summed E-state index contributed by atoms with van der Waals surface area (Å²) in [5, 5.41) is 9.03. The van der Waals surface area contributed by atoms with Crippen LogP contribution in [0.15, 0.2) is 18.2 Å². The second-order valence-corrected chi connectivity index (χ2v) is 5.69. The van der Waals surface area contributed by atoms with Gasteiger partial charge in [-0.25, -0.2) is 0 Å². The first kappa shape index (κ1) is 19.5. The fourth-order valence-electron chi connectivity index (χ4n) is 2.51. The lowest BCUT2D eigenvalue weighted by Gasteiger charge is -2.07. The number of hydrogen-bond acceptors (Lipinski definition) is 3. The van der Waals surface area contributed by atoms with Gasteiger partial charge in [0.2, 0.25) is 11.8 Å². The lowest BCUT2D eigenvalue weighted by Crippen LogP contribution is -2.25. The van der Waals surface area contributed by atoms with Crippen molar-refractivity contribution in [1.29, 1.82) is 0 Å². The SMILES string of the molecule is CCCNC(=O)CCCC(=O)NCc1ccc2c(c1)CNC2.Cl. The minimum absolute atomic E-state index is 0. The third kappa shape index (κ3) is 6.59. The second kappa shape index (κ2) is 10.2. The minimum Gasteiger partial charge on any atom is -0.356 e.